The molecule has 3 nitrogen and oxygen atoms in total. The topological polar surface area (TPSA) is 34.2 Å². The van der Waals surface area contributed by atoms with Gasteiger partial charge in [-0.1, -0.05) is 37.3 Å². The van der Waals surface area contributed by atoms with E-state index in [9.17, 15) is 0 Å². The van der Waals surface area contributed by atoms with Gasteiger partial charge in [0.25, 0.3) is 0 Å². The molecule has 0 aliphatic heterocycles. The van der Waals surface area contributed by atoms with Crippen molar-refractivity contribution in [2.45, 2.75) is 51.0 Å². The zero-order valence-electron chi connectivity index (χ0n) is 14.1. The molecule has 1 aliphatic rings. The molecular formula is C20H26N2O. The zero-order chi connectivity index (χ0) is 16.1. The molecule has 1 N–H and O–H groups in total. The van der Waals surface area contributed by atoms with Gasteiger partial charge in [0.2, 0.25) is 0 Å². The van der Waals surface area contributed by atoms with Crippen LogP contribution in [0.4, 0.5) is 5.69 Å². The first-order chi connectivity index (χ1) is 11.3. The molecule has 0 unspecified atom stereocenters. The summed E-state index contributed by atoms with van der Waals surface area (Å²) >= 11 is 0. The number of pyridine rings is 1. The van der Waals surface area contributed by atoms with Crippen LogP contribution in [0.15, 0.2) is 42.6 Å². The van der Waals surface area contributed by atoms with Crippen molar-refractivity contribution in [3.63, 3.8) is 0 Å². The van der Waals surface area contributed by atoms with Crippen LogP contribution < -0.4 is 10.1 Å². The average Bonchev–Trinajstić information content (AvgIpc) is 2.63. The van der Waals surface area contributed by atoms with Crippen molar-refractivity contribution < 1.29 is 4.74 Å². The van der Waals surface area contributed by atoms with Crippen molar-refractivity contribution in [3.8, 4) is 5.75 Å². The lowest BCUT2D eigenvalue weighted by Crippen LogP contribution is -2.25. The highest BCUT2D eigenvalue weighted by molar-refractivity contribution is 5.58. The Hall–Kier alpha value is -2.03. The van der Waals surface area contributed by atoms with Gasteiger partial charge in [-0.3, -0.25) is 4.98 Å². The number of rotatable bonds is 5. The molecule has 2 aromatic rings. The highest BCUT2D eigenvalue weighted by Gasteiger charge is 2.23. The van der Waals surface area contributed by atoms with Crippen molar-refractivity contribution in [1.82, 2.24) is 4.98 Å². The fraction of sp³-hybridized carbons (Fsp3) is 0.450. The van der Waals surface area contributed by atoms with E-state index in [1.165, 1.54) is 31.2 Å². The molecule has 0 spiro atoms. The fourth-order valence-corrected chi connectivity index (χ4v) is 3.60. The van der Waals surface area contributed by atoms with Crippen LogP contribution in [0.25, 0.3) is 0 Å². The Morgan fingerprint density at radius 2 is 1.83 bits per heavy atom. The molecule has 1 aromatic carbocycles. The number of hydrogen-bond acceptors (Lipinski definition) is 3. The lowest BCUT2D eigenvalue weighted by Gasteiger charge is -2.30. The Kier molecular flexibility index (Phi) is 5.16. The molecule has 0 radical (unpaired) electrons. The largest absolute Gasteiger partial charge is 0.493 e. The predicted octanol–water partition coefficient (Wildman–Crippen LogP) is 4.79. The van der Waals surface area contributed by atoms with E-state index in [2.05, 4.69) is 47.6 Å². The lowest BCUT2D eigenvalue weighted by molar-refractivity contribution is 0.398. The molecule has 1 fully saturated rings. The second-order valence-corrected chi connectivity index (χ2v) is 6.30. The van der Waals surface area contributed by atoms with Crippen molar-refractivity contribution in [3.05, 3.63) is 53.9 Å². The van der Waals surface area contributed by atoms with Gasteiger partial charge in [0, 0.05) is 12.2 Å². The minimum absolute atomic E-state index is 0.524. The summed E-state index contributed by atoms with van der Waals surface area (Å²) in [6.45, 7) is 2.11. The van der Waals surface area contributed by atoms with E-state index < -0.39 is 0 Å². The highest BCUT2D eigenvalue weighted by Crippen LogP contribution is 2.35. The minimum atomic E-state index is 0.524. The Bertz CT molecular complexity index is 619. The highest BCUT2D eigenvalue weighted by atomic mass is 16.5. The molecule has 0 saturated heterocycles. The number of nitrogens with zero attached hydrogens (tertiary/aromatic N) is 1. The maximum Gasteiger partial charge on any atom is 0.163 e. The van der Waals surface area contributed by atoms with Crippen molar-refractivity contribution in [2.24, 2.45) is 0 Å². The molecule has 3 heteroatoms. The normalized spacial score (nSPS) is 21.0. The number of aromatic nitrogens is 1. The summed E-state index contributed by atoms with van der Waals surface area (Å²) in [4.78, 5) is 4.41. The van der Waals surface area contributed by atoms with E-state index in [1.54, 1.807) is 7.11 Å². The molecule has 122 valence electrons. The van der Waals surface area contributed by atoms with E-state index in [0.29, 0.717) is 12.0 Å². The van der Waals surface area contributed by atoms with Crippen molar-refractivity contribution in [2.75, 3.05) is 12.4 Å². The van der Waals surface area contributed by atoms with Crippen molar-refractivity contribution in [1.29, 1.82) is 0 Å². The Balaban J connectivity index is 1.63. The predicted molar refractivity (Wildman–Crippen MR) is 95.2 cm³/mol. The molecule has 0 bridgehead atoms. The molecule has 1 aliphatic carbocycles. The molecule has 1 heterocycles. The van der Waals surface area contributed by atoms with Gasteiger partial charge in [-0.25, -0.2) is 0 Å². The summed E-state index contributed by atoms with van der Waals surface area (Å²) in [5.41, 5.74) is 3.60. The summed E-state index contributed by atoms with van der Waals surface area (Å²) < 4.78 is 5.57. The summed E-state index contributed by atoms with van der Waals surface area (Å²) in [6.07, 6.45) is 7.66. The molecule has 23 heavy (non-hydrogen) atoms. The van der Waals surface area contributed by atoms with Crippen molar-refractivity contribution >= 4 is 5.69 Å². The summed E-state index contributed by atoms with van der Waals surface area (Å²) in [5, 5.41) is 3.68. The third-order valence-electron chi connectivity index (χ3n) is 4.88. The monoisotopic (exact) mass is 310 g/mol. The standard InChI is InChI=1S/C20H26N2O/c1-3-18-20(23-2)19(13-14-21-18)22-17-11-9-16(10-12-17)15-7-5-4-6-8-15/h4-8,13-14,16-17H,3,9-12H2,1-2H3,(H,21,22). The van der Waals surface area contributed by atoms with Gasteiger partial charge in [-0.2, -0.15) is 0 Å². The SMILES string of the molecule is CCc1nccc(NC2CCC(c3ccccc3)CC2)c1OC. The van der Waals surface area contributed by atoms with Crippen LogP contribution in [-0.2, 0) is 6.42 Å². The van der Waals surface area contributed by atoms with Crippen LogP contribution in [0.3, 0.4) is 0 Å². The third-order valence-corrected chi connectivity index (χ3v) is 4.88. The number of anilines is 1. The lowest BCUT2D eigenvalue weighted by atomic mass is 9.82. The van der Waals surface area contributed by atoms with Gasteiger partial charge >= 0.3 is 0 Å². The first kappa shape index (κ1) is 15.9. The van der Waals surface area contributed by atoms with Crippen LogP contribution in [0, 0.1) is 0 Å². The van der Waals surface area contributed by atoms with Crippen LogP contribution in [0.5, 0.6) is 5.75 Å². The Morgan fingerprint density at radius 3 is 2.48 bits per heavy atom. The third kappa shape index (κ3) is 3.66. The first-order valence-corrected chi connectivity index (χ1v) is 8.65. The fourth-order valence-electron chi connectivity index (χ4n) is 3.60. The number of methoxy groups -OCH3 is 1. The van der Waals surface area contributed by atoms with Gasteiger partial charge < -0.3 is 10.1 Å². The van der Waals surface area contributed by atoms with E-state index in [0.717, 1.165) is 23.6 Å². The zero-order valence-corrected chi connectivity index (χ0v) is 14.1. The van der Waals surface area contributed by atoms with Gasteiger partial charge in [0.05, 0.1) is 18.5 Å². The second-order valence-electron chi connectivity index (χ2n) is 6.30. The summed E-state index contributed by atoms with van der Waals surface area (Å²) in [7, 11) is 1.73. The molecule has 0 amide bonds. The number of ether oxygens (including phenoxy) is 1. The van der Waals surface area contributed by atoms with Crippen LogP contribution in [0.2, 0.25) is 0 Å². The average molecular weight is 310 g/mol. The smallest absolute Gasteiger partial charge is 0.163 e. The van der Waals surface area contributed by atoms with Crippen LogP contribution in [-0.4, -0.2) is 18.1 Å². The molecule has 1 aromatic heterocycles. The van der Waals surface area contributed by atoms with Crippen LogP contribution >= 0.6 is 0 Å². The van der Waals surface area contributed by atoms with Gasteiger partial charge in [0.1, 0.15) is 0 Å². The van der Waals surface area contributed by atoms with E-state index in [4.69, 9.17) is 4.74 Å². The van der Waals surface area contributed by atoms with Gasteiger partial charge in [-0.05, 0) is 49.7 Å². The molecule has 3 rings (SSSR count). The summed E-state index contributed by atoms with van der Waals surface area (Å²) in [6, 6.07) is 13.5. The Labute approximate surface area is 139 Å². The number of hydrogen-bond donors (Lipinski definition) is 1. The molecule has 1 saturated carbocycles. The van der Waals surface area contributed by atoms with Crippen LogP contribution in [0.1, 0.15) is 49.8 Å². The molecule has 0 atom stereocenters. The second kappa shape index (κ2) is 7.49. The van der Waals surface area contributed by atoms with Gasteiger partial charge in [-0.15, -0.1) is 0 Å². The summed E-state index contributed by atoms with van der Waals surface area (Å²) in [5.74, 6) is 1.61. The minimum Gasteiger partial charge on any atom is -0.493 e. The van der Waals surface area contributed by atoms with E-state index in [1.807, 2.05) is 12.3 Å². The van der Waals surface area contributed by atoms with E-state index in [-0.39, 0.29) is 0 Å². The Morgan fingerprint density at radius 1 is 1.09 bits per heavy atom. The maximum atomic E-state index is 5.57. The number of nitrogens with one attached hydrogen (secondary N) is 1. The van der Waals surface area contributed by atoms with E-state index >= 15 is 0 Å². The first-order valence-electron chi connectivity index (χ1n) is 8.65. The number of benzene rings is 1. The van der Waals surface area contributed by atoms with Gasteiger partial charge in [0.15, 0.2) is 5.75 Å². The molecular weight excluding hydrogens is 284 g/mol. The number of aryl methyl sites for hydroxylation is 1. The maximum absolute atomic E-state index is 5.57. The quantitative estimate of drug-likeness (QED) is 0.862.